The Labute approximate surface area is 90.4 Å². The number of amides is 1. The van der Waals surface area contributed by atoms with E-state index < -0.39 is 18.5 Å². The van der Waals surface area contributed by atoms with Gasteiger partial charge < -0.3 is 15.6 Å². The topological polar surface area (TPSA) is 89.6 Å². The van der Waals surface area contributed by atoms with Crippen molar-refractivity contribution in [3.63, 3.8) is 0 Å². The molecule has 0 fully saturated rings. The Kier molecular flexibility index (Phi) is 3.51. The van der Waals surface area contributed by atoms with Crippen LogP contribution in [0.3, 0.4) is 0 Å². The standard InChI is InChI=1S/C9H8ClNO4/c10-5-1-2-7(15-4-8(12)13)6(3-5)9(11)14/h1-3H,4H2,(H2,11,14)(H,12,13). The van der Waals surface area contributed by atoms with Crippen LogP contribution in [-0.4, -0.2) is 23.6 Å². The van der Waals surface area contributed by atoms with E-state index in [-0.39, 0.29) is 11.3 Å². The molecule has 1 amide bonds. The third-order valence-electron chi connectivity index (χ3n) is 1.56. The molecule has 3 N–H and O–H groups in total. The van der Waals surface area contributed by atoms with Crippen molar-refractivity contribution in [1.82, 2.24) is 0 Å². The summed E-state index contributed by atoms with van der Waals surface area (Å²) in [6.07, 6.45) is 0. The molecule has 6 heteroatoms. The van der Waals surface area contributed by atoms with E-state index in [1.807, 2.05) is 0 Å². The van der Waals surface area contributed by atoms with Gasteiger partial charge in [0.1, 0.15) is 5.75 Å². The molecule has 0 saturated heterocycles. The van der Waals surface area contributed by atoms with E-state index in [0.717, 1.165) is 0 Å². The summed E-state index contributed by atoms with van der Waals surface area (Å²) in [5, 5.41) is 8.72. The first-order valence-electron chi connectivity index (χ1n) is 3.94. The molecule has 0 atom stereocenters. The Morgan fingerprint density at radius 3 is 2.67 bits per heavy atom. The Morgan fingerprint density at radius 2 is 2.13 bits per heavy atom. The molecule has 0 unspecified atom stereocenters. The maximum atomic E-state index is 11.0. The van der Waals surface area contributed by atoms with E-state index in [2.05, 4.69) is 0 Å². The van der Waals surface area contributed by atoms with Crippen LogP contribution in [0.25, 0.3) is 0 Å². The molecular weight excluding hydrogens is 222 g/mol. The minimum atomic E-state index is -1.14. The zero-order valence-electron chi connectivity index (χ0n) is 7.57. The highest BCUT2D eigenvalue weighted by Gasteiger charge is 2.11. The van der Waals surface area contributed by atoms with Crippen molar-refractivity contribution in [1.29, 1.82) is 0 Å². The van der Waals surface area contributed by atoms with Gasteiger partial charge in [0.15, 0.2) is 6.61 Å². The molecule has 0 aromatic heterocycles. The number of ether oxygens (including phenoxy) is 1. The molecule has 1 aromatic rings. The highest BCUT2D eigenvalue weighted by Crippen LogP contribution is 2.22. The fourth-order valence-corrected chi connectivity index (χ4v) is 1.13. The van der Waals surface area contributed by atoms with Crippen LogP contribution in [0.2, 0.25) is 5.02 Å². The number of primary amides is 1. The predicted octanol–water partition coefficient (Wildman–Crippen LogP) is 0.902. The van der Waals surface area contributed by atoms with Crippen molar-refractivity contribution in [2.75, 3.05) is 6.61 Å². The van der Waals surface area contributed by atoms with E-state index in [9.17, 15) is 9.59 Å². The summed E-state index contributed by atoms with van der Waals surface area (Å²) in [5.41, 5.74) is 5.12. The Bertz CT molecular complexity index is 405. The van der Waals surface area contributed by atoms with Crippen molar-refractivity contribution in [2.45, 2.75) is 0 Å². The molecular formula is C9H8ClNO4. The van der Waals surface area contributed by atoms with Crippen LogP contribution in [0, 0.1) is 0 Å². The molecule has 0 saturated carbocycles. The number of hydrogen-bond donors (Lipinski definition) is 2. The number of carbonyl (C=O) groups excluding carboxylic acids is 1. The van der Waals surface area contributed by atoms with Gasteiger partial charge in [-0.1, -0.05) is 11.6 Å². The van der Waals surface area contributed by atoms with E-state index in [1.54, 1.807) is 0 Å². The average Bonchev–Trinajstić information content (AvgIpc) is 2.15. The van der Waals surface area contributed by atoms with Gasteiger partial charge in [-0.25, -0.2) is 4.79 Å². The van der Waals surface area contributed by atoms with Gasteiger partial charge in [0.2, 0.25) is 0 Å². The molecule has 0 bridgehead atoms. The number of carboxylic acid groups (broad SMARTS) is 1. The van der Waals surface area contributed by atoms with Crippen LogP contribution in [0.4, 0.5) is 0 Å². The van der Waals surface area contributed by atoms with Crippen molar-refractivity contribution in [2.24, 2.45) is 5.73 Å². The number of carboxylic acids is 1. The molecule has 0 aliphatic carbocycles. The van der Waals surface area contributed by atoms with E-state index >= 15 is 0 Å². The molecule has 0 aliphatic heterocycles. The highest BCUT2D eigenvalue weighted by molar-refractivity contribution is 6.31. The molecule has 0 radical (unpaired) electrons. The summed E-state index contributed by atoms with van der Waals surface area (Å²) < 4.78 is 4.86. The first-order chi connectivity index (χ1) is 7.00. The summed E-state index contributed by atoms with van der Waals surface area (Å²) in [6.45, 7) is -0.540. The molecule has 0 heterocycles. The van der Waals surface area contributed by atoms with Crippen molar-refractivity contribution >= 4 is 23.5 Å². The summed E-state index contributed by atoms with van der Waals surface area (Å²) in [5.74, 6) is -1.76. The zero-order valence-corrected chi connectivity index (χ0v) is 8.32. The van der Waals surface area contributed by atoms with E-state index in [0.29, 0.717) is 5.02 Å². The fraction of sp³-hybridized carbons (Fsp3) is 0.111. The number of hydrogen-bond acceptors (Lipinski definition) is 3. The van der Waals surface area contributed by atoms with Gasteiger partial charge in [0, 0.05) is 5.02 Å². The minimum Gasteiger partial charge on any atom is -0.481 e. The smallest absolute Gasteiger partial charge is 0.341 e. The second-order valence-electron chi connectivity index (χ2n) is 2.69. The van der Waals surface area contributed by atoms with Gasteiger partial charge in [-0.3, -0.25) is 4.79 Å². The summed E-state index contributed by atoms with van der Waals surface area (Å²) in [4.78, 5) is 21.2. The SMILES string of the molecule is NC(=O)c1cc(Cl)ccc1OCC(=O)O. The molecule has 0 spiro atoms. The number of rotatable bonds is 4. The summed E-state index contributed by atoms with van der Waals surface area (Å²) >= 11 is 5.64. The van der Waals surface area contributed by atoms with Gasteiger partial charge >= 0.3 is 5.97 Å². The lowest BCUT2D eigenvalue weighted by atomic mass is 10.2. The van der Waals surface area contributed by atoms with Crippen molar-refractivity contribution < 1.29 is 19.4 Å². The molecule has 5 nitrogen and oxygen atoms in total. The van der Waals surface area contributed by atoms with Crippen LogP contribution in [0.5, 0.6) is 5.75 Å². The number of halogens is 1. The third-order valence-corrected chi connectivity index (χ3v) is 1.79. The lowest BCUT2D eigenvalue weighted by molar-refractivity contribution is -0.139. The maximum Gasteiger partial charge on any atom is 0.341 e. The zero-order chi connectivity index (χ0) is 11.4. The van der Waals surface area contributed by atoms with E-state index in [1.165, 1.54) is 18.2 Å². The Hall–Kier alpha value is -1.75. The van der Waals surface area contributed by atoms with Crippen LogP contribution >= 0.6 is 11.6 Å². The average molecular weight is 230 g/mol. The second kappa shape index (κ2) is 4.65. The molecule has 80 valence electrons. The first-order valence-corrected chi connectivity index (χ1v) is 4.32. The van der Waals surface area contributed by atoms with Gasteiger partial charge in [0.05, 0.1) is 5.56 Å². The van der Waals surface area contributed by atoms with Crippen molar-refractivity contribution in [3.8, 4) is 5.75 Å². The lowest BCUT2D eigenvalue weighted by Crippen LogP contribution is -2.16. The van der Waals surface area contributed by atoms with Crippen LogP contribution in [0.15, 0.2) is 18.2 Å². The number of nitrogens with two attached hydrogens (primary N) is 1. The van der Waals surface area contributed by atoms with Crippen LogP contribution < -0.4 is 10.5 Å². The van der Waals surface area contributed by atoms with Gasteiger partial charge in [-0.05, 0) is 18.2 Å². The molecule has 1 rings (SSSR count). The van der Waals surface area contributed by atoms with Crippen LogP contribution in [-0.2, 0) is 4.79 Å². The monoisotopic (exact) mass is 229 g/mol. The van der Waals surface area contributed by atoms with Crippen molar-refractivity contribution in [3.05, 3.63) is 28.8 Å². The minimum absolute atomic E-state index is 0.0590. The molecule has 1 aromatic carbocycles. The molecule has 0 aliphatic rings. The molecule has 15 heavy (non-hydrogen) atoms. The van der Waals surface area contributed by atoms with E-state index in [4.69, 9.17) is 27.2 Å². The fourth-order valence-electron chi connectivity index (χ4n) is 0.960. The first kappa shape index (κ1) is 11.3. The van der Waals surface area contributed by atoms with Crippen LogP contribution in [0.1, 0.15) is 10.4 Å². The summed E-state index contributed by atoms with van der Waals surface area (Å²) in [6, 6.07) is 4.19. The largest absolute Gasteiger partial charge is 0.481 e. The number of aliphatic carboxylic acids is 1. The number of carbonyl (C=O) groups is 2. The predicted molar refractivity (Wildman–Crippen MR) is 53.1 cm³/mol. The highest BCUT2D eigenvalue weighted by atomic mass is 35.5. The quantitative estimate of drug-likeness (QED) is 0.803. The Morgan fingerprint density at radius 1 is 1.47 bits per heavy atom. The van der Waals surface area contributed by atoms with Gasteiger partial charge in [0.25, 0.3) is 5.91 Å². The second-order valence-corrected chi connectivity index (χ2v) is 3.12. The van der Waals surface area contributed by atoms with Gasteiger partial charge in [-0.2, -0.15) is 0 Å². The summed E-state index contributed by atoms with van der Waals surface area (Å²) in [7, 11) is 0. The Balaban J connectivity index is 2.95. The maximum absolute atomic E-state index is 11.0. The number of benzene rings is 1. The normalized spacial score (nSPS) is 9.67. The van der Waals surface area contributed by atoms with Gasteiger partial charge in [-0.15, -0.1) is 0 Å². The third kappa shape index (κ3) is 3.14. The lowest BCUT2D eigenvalue weighted by Gasteiger charge is -2.07.